The van der Waals surface area contributed by atoms with Crippen molar-refractivity contribution >= 4 is 21.0 Å². The van der Waals surface area contributed by atoms with Gasteiger partial charge in [0.15, 0.2) is 14.7 Å². The van der Waals surface area contributed by atoms with E-state index in [-0.39, 0.29) is 15.8 Å². The summed E-state index contributed by atoms with van der Waals surface area (Å²) < 4.78 is 31.2. The van der Waals surface area contributed by atoms with Gasteiger partial charge < -0.3 is 4.55 Å². The van der Waals surface area contributed by atoms with Crippen LogP contribution in [0.25, 0.3) is 0 Å². The van der Waals surface area contributed by atoms with Crippen LogP contribution >= 0.6 is 0 Å². The van der Waals surface area contributed by atoms with Gasteiger partial charge in [-0.1, -0.05) is 174 Å². The van der Waals surface area contributed by atoms with Crippen LogP contribution in [0.2, 0.25) is 0 Å². The second kappa shape index (κ2) is 32.0. The standard InChI is InChI=1S/C54H87S.C7H8O3S/c1-10-19-28-43-37-46(31-22-13-4)52(47(38-43)32-23-14-5)55(53-48(33-24-15-6)39-44(29-20-11-2)40-49(53)34-25-16-7)54-50(35-26-17-8)41-45(30-21-12-3)42-51(54)36-27-18-9;1-6-2-4-7(5-3-6)11(8,9)10/h37-42H,10-36H2,1-9H3;2-5H,1H3,(H,8,9,10)/q+1;/p-1. The monoisotopic (exact) mass is 939 g/mol. The second-order valence-electron chi connectivity index (χ2n) is 19.2. The molecule has 0 amide bonds. The Kier molecular flexibility index (Phi) is 27.9. The van der Waals surface area contributed by atoms with Gasteiger partial charge in [0.25, 0.3) is 0 Å². The van der Waals surface area contributed by atoms with Gasteiger partial charge in [-0.25, -0.2) is 8.42 Å². The highest BCUT2D eigenvalue weighted by atomic mass is 32.2. The maximum atomic E-state index is 10.4. The smallest absolute Gasteiger partial charge is 0.172 e. The maximum absolute atomic E-state index is 10.4. The molecular formula is C61H94O3S2. The topological polar surface area (TPSA) is 57.2 Å². The van der Waals surface area contributed by atoms with E-state index in [1.165, 1.54) is 185 Å². The molecule has 4 rings (SSSR count). The van der Waals surface area contributed by atoms with Gasteiger partial charge >= 0.3 is 0 Å². The Morgan fingerprint density at radius 2 is 0.576 bits per heavy atom. The van der Waals surface area contributed by atoms with Crippen molar-refractivity contribution in [3.05, 3.63) is 116 Å². The molecule has 0 aliphatic rings. The van der Waals surface area contributed by atoms with Crippen molar-refractivity contribution in [1.82, 2.24) is 0 Å². The molecule has 0 spiro atoms. The number of aryl methyl sites for hydroxylation is 10. The van der Waals surface area contributed by atoms with Crippen LogP contribution in [-0.2, 0) is 78.8 Å². The average molecular weight is 940 g/mol. The zero-order chi connectivity index (χ0) is 48.3. The molecule has 0 aliphatic heterocycles. The average Bonchev–Trinajstić information content (AvgIpc) is 3.31. The lowest BCUT2D eigenvalue weighted by Gasteiger charge is -2.25. The van der Waals surface area contributed by atoms with Crippen LogP contribution in [0.5, 0.6) is 0 Å². The first-order valence-electron chi connectivity index (χ1n) is 27.1. The first kappa shape index (κ1) is 57.5. The summed E-state index contributed by atoms with van der Waals surface area (Å²) >= 11 is 0. The third-order valence-electron chi connectivity index (χ3n) is 13.1. The second-order valence-corrected chi connectivity index (χ2v) is 22.5. The summed E-state index contributed by atoms with van der Waals surface area (Å²) in [7, 11) is -4.42. The van der Waals surface area contributed by atoms with Gasteiger partial charge in [0.1, 0.15) is 21.0 Å². The minimum atomic E-state index is -4.27. The normalized spacial score (nSPS) is 11.6. The highest BCUT2D eigenvalue weighted by Crippen LogP contribution is 2.45. The summed E-state index contributed by atoms with van der Waals surface area (Å²) in [5.41, 5.74) is 15.9. The van der Waals surface area contributed by atoms with Crippen LogP contribution < -0.4 is 0 Å². The van der Waals surface area contributed by atoms with E-state index >= 15 is 0 Å². The van der Waals surface area contributed by atoms with Crippen LogP contribution in [0.3, 0.4) is 0 Å². The predicted octanol–water partition coefficient (Wildman–Crippen LogP) is 17.8. The Morgan fingerprint density at radius 3 is 0.773 bits per heavy atom. The molecule has 0 bridgehead atoms. The number of unbranched alkanes of at least 4 members (excludes halogenated alkanes) is 9. The molecule has 4 aromatic carbocycles. The lowest BCUT2D eigenvalue weighted by molar-refractivity contribution is 0.463. The number of rotatable bonds is 31. The Bertz CT molecular complexity index is 1810. The summed E-state index contributed by atoms with van der Waals surface area (Å²) in [5.74, 6) is 0. The van der Waals surface area contributed by atoms with Crippen LogP contribution in [0.15, 0.2) is 80.2 Å². The van der Waals surface area contributed by atoms with Crippen molar-refractivity contribution in [2.24, 2.45) is 0 Å². The van der Waals surface area contributed by atoms with Crippen molar-refractivity contribution in [2.75, 3.05) is 0 Å². The van der Waals surface area contributed by atoms with E-state index in [2.05, 4.69) is 98.7 Å². The zero-order valence-corrected chi connectivity index (χ0v) is 45.5. The largest absolute Gasteiger partial charge is 0.744 e. The molecule has 0 radical (unpaired) electrons. The molecule has 0 atom stereocenters. The first-order chi connectivity index (χ1) is 31.9. The Hall–Kier alpha value is -2.86. The van der Waals surface area contributed by atoms with E-state index in [4.69, 9.17) is 0 Å². The first-order valence-corrected chi connectivity index (χ1v) is 29.8. The van der Waals surface area contributed by atoms with E-state index in [1.807, 2.05) is 6.92 Å². The summed E-state index contributed by atoms with van der Waals surface area (Å²) in [6.45, 7) is 23.3. The van der Waals surface area contributed by atoms with Gasteiger partial charge in [-0.3, -0.25) is 0 Å². The molecular weight excluding hydrogens is 845 g/mol. The third-order valence-corrected chi connectivity index (χ3v) is 16.7. The fourth-order valence-electron chi connectivity index (χ4n) is 9.17. The summed E-state index contributed by atoms with van der Waals surface area (Å²) in [6, 6.07) is 22.2. The molecule has 0 heterocycles. The Balaban J connectivity index is 0.000000915. The minimum absolute atomic E-state index is 0.147. The van der Waals surface area contributed by atoms with Gasteiger partial charge in [0.05, 0.1) is 4.90 Å². The molecule has 0 aliphatic carbocycles. The number of hydrogen-bond donors (Lipinski definition) is 0. The zero-order valence-electron chi connectivity index (χ0n) is 43.9. The van der Waals surface area contributed by atoms with E-state index in [9.17, 15) is 13.0 Å². The SMILES string of the molecule is CCCCc1cc(CCCC)c([S+](c2c(CCCC)cc(CCCC)cc2CCCC)c2c(CCCC)cc(CCCC)cc2CCCC)c(CCCC)c1.Cc1ccc(S(=O)(=O)[O-])cc1. The minimum Gasteiger partial charge on any atom is -0.744 e. The molecule has 5 heteroatoms. The molecule has 4 aromatic rings. The van der Waals surface area contributed by atoms with E-state index in [0.717, 1.165) is 5.56 Å². The molecule has 368 valence electrons. The van der Waals surface area contributed by atoms with Crippen molar-refractivity contribution in [2.45, 2.75) is 262 Å². The Morgan fingerprint density at radius 1 is 0.364 bits per heavy atom. The lowest BCUT2D eigenvalue weighted by atomic mass is 9.95. The summed E-state index contributed by atoms with van der Waals surface area (Å²) in [4.78, 5) is 5.10. The molecule has 0 unspecified atom stereocenters. The molecule has 3 nitrogen and oxygen atoms in total. The van der Waals surface area contributed by atoms with Crippen molar-refractivity contribution in [1.29, 1.82) is 0 Å². The molecule has 0 saturated carbocycles. The third kappa shape index (κ3) is 18.6. The van der Waals surface area contributed by atoms with Gasteiger partial charge in [0, 0.05) is 33.4 Å². The molecule has 0 aromatic heterocycles. The highest BCUT2D eigenvalue weighted by molar-refractivity contribution is 7.97. The van der Waals surface area contributed by atoms with Crippen LogP contribution in [0, 0.1) is 6.92 Å². The van der Waals surface area contributed by atoms with Crippen LogP contribution in [-0.4, -0.2) is 13.0 Å². The fourth-order valence-corrected chi connectivity index (χ4v) is 12.8. The van der Waals surface area contributed by atoms with Crippen LogP contribution in [0.4, 0.5) is 0 Å². The van der Waals surface area contributed by atoms with Gasteiger partial charge in [-0.15, -0.1) is 0 Å². The summed E-state index contributed by atoms with van der Waals surface area (Å²) in [6.07, 6.45) is 33.7. The van der Waals surface area contributed by atoms with Crippen LogP contribution in [0.1, 0.15) is 234 Å². The Labute approximate surface area is 410 Å². The highest BCUT2D eigenvalue weighted by Gasteiger charge is 2.41. The maximum Gasteiger partial charge on any atom is 0.172 e. The number of benzene rings is 4. The lowest BCUT2D eigenvalue weighted by Crippen LogP contribution is -2.20. The molecule has 0 fully saturated rings. The van der Waals surface area contributed by atoms with Gasteiger partial charge in [-0.2, -0.15) is 0 Å². The van der Waals surface area contributed by atoms with Crippen molar-refractivity contribution in [3.8, 4) is 0 Å². The van der Waals surface area contributed by atoms with Crippen molar-refractivity contribution < 1.29 is 13.0 Å². The quantitative estimate of drug-likeness (QED) is 0.0373. The fraction of sp³-hybridized carbons (Fsp3) is 0.607. The van der Waals surface area contributed by atoms with E-state index < -0.39 is 10.1 Å². The van der Waals surface area contributed by atoms with E-state index in [0.29, 0.717) is 0 Å². The number of hydrogen-bond acceptors (Lipinski definition) is 3. The van der Waals surface area contributed by atoms with Gasteiger partial charge in [-0.05, 0) is 151 Å². The molecule has 66 heavy (non-hydrogen) atoms. The van der Waals surface area contributed by atoms with Crippen molar-refractivity contribution in [3.63, 3.8) is 0 Å². The van der Waals surface area contributed by atoms with E-state index in [1.54, 1.807) is 76.9 Å². The van der Waals surface area contributed by atoms with Gasteiger partial charge in [0.2, 0.25) is 0 Å². The summed E-state index contributed by atoms with van der Waals surface area (Å²) in [5, 5.41) is 0. The molecule has 0 saturated heterocycles. The predicted molar refractivity (Wildman–Crippen MR) is 288 cm³/mol. The molecule has 0 N–H and O–H groups in total.